The van der Waals surface area contributed by atoms with Gasteiger partial charge in [-0.1, -0.05) is 27.7 Å². The van der Waals surface area contributed by atoms with Gasteiger partial charge in [-0.2, -0.15) is 0 Å². The normalized spacial score (nSPS) is 15.9. The molecule has 0 bridgehead atoms. The molecule has 1 unspecified atom stereocenters. The third kappa shape index (κ3) is 5.38. The largest absolute Gasteiger partial charge is 0.312 e. The van der Waals surface area contributed by atoms with Crippen LogP contribution in [0.1, 0.15) is 54.9 Å². The molecule has 17 heavy (non-hydrogen) atoms. The van der Waals surface area contributed by atoms with Crippen molar-refractivity contribution in [3.8, 4) is 0 Å². The smallest absolute Gasteiger partial charge is 0.156 e. The zero-order chi connectivity index (χ0) is 13.9. The molecule has 1 atom stereocenters. The summed E-state index contributed by atoms with van der Waals surface area (Å²) in [6.45, 7) is 14.5. The van der Waals surface area contributed by atoms with E-state index in [1.165, 1.54) is 0 Å². The second-order valence-electron chi connectivity index (χ2n) is 6.77. The molecule has 0 aliphatic rings. The molecule has 3 nitrogen and oxygen atoms in total. The van der Waals surface area contributed by atoms with Gasteiger partial charge in [0, 0.05) is 6.04 Å². The van der Waals surface area contributed by atoms with Gasteiger partial charge >= 0.3 is 0 Å². The maximum absolute atomic E-state index is 12.2. The van der Waals surface area contributed by atoms with Crippen LogP contribution in [-0.4, -0.2) is 31.5 Å². The van der Waals surface area contributed by atoms with Crippen LogP contribution in [0.15, 0.2) is 0 Å². The summed E-state index contributed by atoms with van der Waals surface area (Å²) in [6.07, 6.45) is 1.02. The number of rotatable bonds is 5. The Bertz CT molecular complexity index is 320. The van der Waals surface area contributed by atoms with Crippen molar-refractivity contribution in [2.75, 3.05) is 12.3 Å². The van der Waals surface area contributed by atoms with Gasteiger partial charge in [0.2, 0.25) is 0 Å². The highest BCUT2D eigenvalue weighted by molar-refractivity contribution is 7.92. The van der Waals surface area contributed by atoms with Crippen molar-refractivity contribution >= 4 is 9.84 Å². The zero-order valence-electron chi connectivity index (χ0n) is 12.4. The Balaban J connectivity index is 4.89. The molecule has 0 saturated carbocycles. The van der Waals surface area contributed by atoms with Crippen molar-refractivity contribution in [2.24, 2.45) is 5.41 Å². The summed E-state index contributed by atoms with van der Waals surface area (Å²) in [7, 11) is -3.07. The lowest BCUT2D eigenvalue weighted by Gasteiger charge is -2.33. The highest BCUT2D eigenvalue weighted by atomic mass is 32.2. The van der Waals surface area contributed by atoms with Crippen LogP contribution < -0.4 is 5.32 Å². The Morgan fingerprint density at radius 3 is 1.82 bits per heavy atom. The third-order valence-corrected chi connectivity index (χ3v) is 5.64. The van der Waals surface area contributed by atoms with Crippen molar-refractivity contribution < 1.29 is 8.42 Å². The summed E-state index contributed by atoms with van der Waals surface area (Å²) >= 11 is 0. The lowest BCUT2D eigenvalue weighted by molar-refractivity contribution is 0.287. The first-order valence-corrected chi connectivity index (χ1v) is 8.02. The van der Waals surface area contributed by atoms with E-state index in [0.29, 0.717) is 0 Å². The number of hydrogen-bond acceptors (Lipinski definition) is 3. The Hall–Kier alpha value is -0.0900. The lowest BCUT2D eigenvalue weighted by atomic mass is 9.88. The molecule has 0 aromatic heterocycles. The van der Waals surface area contributed by atoms with E-state index in [4.69, 9.17) is 0 Å². The summed E-state index contributed by atoms with van der Waals surface area (Å²) in [4.78, 5) is 0. The second kappa shape index (κ2) is 5.70. The third-order valence-electron chi connectivity index (χ3n) is 3.01. The van der Waals surface area contributed by atoms with Crippen LogP contribution in [-0.2, 0) is 9.84 Å². The molecule has 0 fully saturated rings. The molecule has 4 heteroatoms. The lowest BCUT2D eigenvalue weighted by Crippen LogP contribution is -2.48. The van der Waals surface area contributed by atoms with E-state index < -0.39 is 14.6 Å². The molecule has 0 rings (SSSR count). The molecular formula is C13H29NO2S. The minimum absolute atomic E-state index is 0.00618. The first-order chi connectivity index (χ1) is 7.42. The fourth-order valence-electron chi connectivity index (χ4n) is 1.40. The molecule has 0 radical (unpaired) electrons. The summed E-state index contributed by atoms with van der Waals surface area (Å²) in [6, 6.07) is 0.00618. The molecule has 0 spiro atoms. The first kappa shape index (κ1) is 16.9. The van der Waals surface area contributed by atoms with Gasteiger partial charge in [-0.05, 0) is 39.2 Å². The van der Waals surface area contributed by atoms with Crippen LogP contribution in [0, 0.1) is 5.41 Å². The van der Waals surface area contributed by atoms with Gasteiger partial charge < -0.3 is 5.32 Å². The van der Waals surface area contributed by atoms with E-state index in [-0.39, 0.29) is 17.2 Å². The monoisotopic (exact) mass is 263 g/mol. The molecule has 0 heterocycles. The standard InChI is InChI=1S/C13H29NO2S/c1-8-9-14-11(12(2,3)4)10-17(15,16)13(5,6)7/h11,14H,8-10H2,1-7H3. The Morgan fingerprint density at radius 1 is 1.06 bits per heavy atom. The van der Waals surface area contributed by atoms with E-state index in [0.717, 1.165) is 13.0 Å². The predicted octanol–water partition coefficient (Wildman–Crippen LogP) is 2.61. The van der Waals surface area contributed by atoms with Gasteiger partial charge in [0.15, 0.2) is 9.84 Å². The molecule has 0 saturated heterocycles. The van der Waals surface area contributed by atoms with Crippen molar-refractivity contribution in [1.82, 2.24) is 5.32 Å². The molecule has 0 amide bonds. The molecule has 104 valence electrons. The summed E-state index contributed by atoms with van der Waals surface area (Å²) in [5, 5.41) is 3.36. The van der Waals surface area contributed by atoms with Gasteiger partial charge in [-0.15, -0.1) is 0 Å². The maximum atomic E-state index is 12.2. The number of sulfone groups is 1. The van der Waals surface area contributed by atoms with Crippen molar-refractivity contribution in [3.63, 3.8) is 0 Å². The minimum atomic E-state index is -3.07. The topological polar surface area (TPSA) is 46.2 Å². The minimum Gasteiger partial charge on any atom is -0.312 e. The molecule has 0 aliphatic carbocycles. The molecule has 0 aliphatic heterocycles. The van der Waals surface area contributed by atoms with Crippen molar-refractivity contribution in [1.29, 1.82) is 0 Å². The molecule has 1 N–H and O–H groups in total. The van der Waals surface area contributed by atoms with Gasteiger partial charge in [-0.3, -0.25) is 0 Å². The number of hydrogen-bond donors (Lipinski definition) is 1. The van der Waals surface area contributed by atoms with Gasteiger partial charge in [0.1, 0.15) is 0 Å². The van der Waals surface area contributed by atoms with Gasteiger partial charge in [-0.25, -0.2) is 8.42 Å². The first-order valence-electron chi connectivity index (χ1n) is 6.37. The average molecular weight is 263 g/mol. The number of nitrogens with one attached hydrogen (secondary N) is 1. The predicted molar refractivity (Wildman–Crippen MR) is 75.1 cm³/mol. The van der Waals surface area contributed by atoms with Crippen LogP contribution >= 0.6 is 0 Å². The van der Waals surface area contributed by atoms with Crippen LogP contribution in [0.4, 0.5) is 0 Å². The Morgan fingerprint density at radius 2 is 1.53 bits per heavy atom. The van der Waals surface area contributed by atoms with E-state index >= 15 is 0 Å². The van der Waals surface area contributed by atoms with Crippen LogP contribution in [0.25, 0.3) is 0 Å². The van der Waals surface area contributed by atoms with Crippen molar-refractivity contribution in [2.45, 2.75) is 65.7 Å². The highest BCUT2D eigenvalue weighted by Crippen LogP contribution is 2.25. The average Bonchev–Trinajstić information content (AvgIpc) is 2.08. The summed E-state index contributed by atoms with van der Waals surface area (Å²) in [5.74, 6) is 0.208. The van der Waals surface area contributed by atoms with Crippen LogP contribution in [0.2, 0.25) is 0 Å². The summed E-state index contributed by atoms with van der Waals surface area (Å²) in [5.41, 5.74) is -0.0481. The van der Waals surface area contributed by atoms with E-state index in [1.807, 2.05) is 0 Å². The maximum Gasteiger partial charge on any atom is 0.156 e. The summed E-state index contributed by atoms with van der Waals surface area (Å²) < 4.78 is 23.8. The van der Waals surface area contributed by atoms with Gasteiger partial charge in [0.05, 0.1) is 10.5 Å². The van der Waals surface area contributed by atoms with E-state index in [9.17, 15) is 8.42 Å². The van der Waals surface area contributed by atoms with E-state index in [2.05, 4.69) is 33.0 Å². The Kier molecular flexibility index (Phi) is 5.67. The molecule has 0 aromatic carbocycles. The quantitative estimate of drug-likeness (QED) is 0.829. The second-order valence-corrected chi connectivity index (χ2v) is 9.55. The Labute approximate surface area is 107 Å². The molecule has 0 aromatic rings. The SMILES string of the molecule is CCCNC(CS(=O)(=O)C(C)(C)C)C(C)(C)C. The highest BCUT2D eigenvalue weighted by Gasteiger charge is 2.35. The van der Waals surface area contributed by atoms with Gasteiger partial charge in [0.25, 0.3) is 0 Å². The fraction of sp³-hybridized carbons (Fsp3) is 1.00. The van der Waals surface area contributed by atoms with E-state index in [1.54, 1.807) is 20.8 Å². The molecular weight excluding hydrogens is 234 g/mol. The van der Waals surface area contributed by atoms with Crippen LogP contribution in [0.3, 0.4) is 0 Å². The zero-order valence-corrected chi connectivity index (χ0v) is 13.2. The van der Waals surface area contributed by atoms with Crippen molar-refractivity contribution in [3.05, 3.63) is 0 Å². The fourth-order valence-corrected chi connectivity index (χ4v) is 2.96. The van der Waals surface area contributed by atoms with Crippen LogP contribution in [0.5, 0.6) is 0 Å².